The second kappa shape index (κ2) is 5.95. The highest BCUT2D eigenvalue weighted by Gasteiger charge is 2.11. The minimum atomic E-state index is -5.29. The predicted octanol–water partition coefficient (Wildman–Crippen LogP) is 1.32. The lowest BCUT2D eigenvalue weighted by molar-refractivity contribution is 0.414. The van der Waals surface area contributed by atoms with Gasteiger partial charge in [0.15, 0.2) is 1.41 Å². The van der Waals surface area contributed by atoms with E-state index < -0.39 is 40.0 Å². The van der Waals surface area contributed by atoms with Crippen LogP contribution in [0, 0.1) is 0 Å². The van der Waals surface area contributed by atoms with Crippen molar-refractivity contribution in [2.75, 3.05) is 27.5 Å². The van der Waals surface area contributed by atoms with Crippen LogP contribution in [-0.4, -0.2) is 45.8 Å². The van der Waals surface area contributed by atoms with E-state index in [2.05, 4.69) is 0 Å². The first kappa shape index (κ1) is 6.17. The van der Waals surface area contributed by atoms with E-state index in [4.69, 9.17) is 15.2 Å². The Kier molecular flexibility index (Phi) is 1.84. The summed E-state index contributed by atoms with van der Waals surface area (Å²) in [5.41, 5.74) is -3.42. The molecule has 110 valence electrons. The van der Waals surface area contributed by atoms with E-state index in [9.17, 15) is 8.42 Å². The van der Waals surface area contributed by atoms with Crippen molar-refractivity contribution >= 4 is 20.9 Å². The van der Waals surface area contributed by atoms with Crippen molar-refractivity contribution in [1.29, 1.82) is 0 Å². The number of hydrogen-bond donors (Lipinski definition) is 2. The maximum absolute atomic E-state index is 12.5. The number of hydrogen-bond acceptors (Lipinski definition) is 3. The van der Waals surface area contributed by atoms with Crippen LogP contribution in [0.15, 0.2) is 24.4 Å². The van der Waals surface area contributed by atoms with Crippen LogP contribution < -0.4 is 4.72 Å². The van der Waals surface area contributed by atoms with Crippen LogP contribution in [-0.2, 0) is 22.1 Å². The van der Waals surface area contributed by atoms with E-state index in [1.807, 2.05) is 0 Å². The van der Waals surface area contributed by atoms with E-state index in [1.165, 1.54) is 13.1 Å². The van der Waals surface area contributed by atoms with E-state index in [1.54, 1.807) is 0 Å². The molecule has 1 aromatic heterocycles. The third kappa shape index (κ3) is 3.59. The molecule has 5 nitrogen and oxygen atoms in total. The molecular weight excluding hydrogens is 274 g/mol. The molecule has 0 radical (unpaired) electrons. The monoisotopic (exact) mass is 306 g/mol. The Morgan fingerprint density at radius 2 is 2.50 bits per heavy atom. The fraction of sp³-hybridized carbons (Fsp3) is 0.429. The van der Waals surface area contributed by atoms with Gasteiger partial charge in [-0.1, -0.05) is 6.07 Å². The van der Waals surface area contributed by atoms with Gasteiger partial charge in [-0.25, -0.2) is 13.1 Å². The summed E-state index contributed by atoms with van der Waals surface area (Å²) < 4.78 is 107. The van der Waals surface area contributed by atoms with Crippen LogP contribution >= 0.6 is 0 Å². The van der Waals surface area contributed by atoms with Gasteiger partial charge in [0.2, 0.25) is 10.0 Å². The van der Waals surface area contributed by atoms with E-state index in [0.29, 0.717) is 0 Å². The molecule has 0 fully saturated rings. The molecule has 0 saturated carbocycles. The van der Waals surface area contributed by atoms with Gasteiger partial charge in [-0.05, 0) is 50.7 Å². The average Bonchev–Trinajstić information content (AvgIpc) is 2.87. The smallest absolute Gasteiger partial charge is 0.215 e. The Morgan fingerprint density at radius 3 is 3.25 bits per heavy atom. The fourth-order valence-electron chi connectivity index (χ4n) is 1.77. The summed E-state index contributed by atoms with van der Waals surface area (Å²) >= 11 is 0. The van der Waals surface area contributed by atoms with Crippen LogP contribution in [0.5, 0.6) is 0 Å². The average molecular weight is 306 g/mol. The van der Waals surface area contributed by atoms with Crippen molar-refractivity contribution in [2.24, 2.45) is 0 Å². The summed E-state index contributed by atoms with van der Waals surface area (Å²) in [6, 6.07) is 3.33. The highest BCUT2D eigenvalue weighted by molar-refractivity contribution is 7.88. The van der Waals surface area contributed by atoms with E-state index in [-0.39, 0.29) is 35.6 Å². The molecule has 0 aliphatic rings. The third-order valence-electron chi connectivity index (χ3n) is 2.70. The zero-order valence-corrected chi connectivity index (χ0v) is 11.5. The van der Waals surface area contributed by atoms with Crippen molar-refractivity contribution < 1.29 is 23.6 Å². The van der Waals surface area contributed by atoms with Crippen molar-refractivity contribution in [3.63, 3.8) is 0 Å². The second-order valence-corrected chi connectivity index (χ2v) is 5.61. The first-order valence-corrected chi connectivity index (χ1v) is 7.16. The maximum atomic E-state index is 12.5. The lowest BCUT2D eigenvalue weighted by Crippen LogP contribution is -2.20. The summed E-state index contributed by atoms with van der Waals surface area (Å²) in [7, 11) is -3.94. The van der Waals surface area contributed by atoms with Crippen molar-refractivity contribution in [2.45, 2.75) is 12.1 Å². The van der Waals surface area contributed by atoms with Crippen LogP contribution in [0.25, 0.3) is 10.9 Å². The molecule has 0 bridgehead atoms. The molecule has 20 heavy (non-hydrogen) atoms. The van der Waals surface area contributed by atoms with E-state index in [0.717, 1.165) is 22.0 Å². The van der Waals surface area contributed by atoms with Gasteiger partial charge in [0.1, 0.15) is 1.41 Å². The van der Waals surface area contributed by atoms with Gasteiger partial charge in [-0.2, -0.15) is 0 Å². The topological polar surface area (TPSA) is 65.2 Å². The third-order valence-corrected chi connectivity index (χ3v) is 3.43. The Balaban J connectivity index is 2.57. The summed E-state index contributed by atoms with van der Waals surface area (Å²) in [6.07, 6.45) is -0.270. The molecule has 0 atom stereocenters. The molecule has 0 amide bonds. The van der Waals surface area contributed by atoms with Crippen LogP contribution in [0.2, 0.25) is 2.82 Å². The summed E-state index contributed by atoms with van der Waals surface area (Å²) in [5.74, 6) is 0. The molecule has 0 aliphatic carbocycles. The number of aromatic amines is 1. The number of fused-ring (bicyclic) bond motifs is 1. The minimum absolute atomic E-state index is 0.00907. The number of benzene rings is 1. The first-order valence-electron chi connectivity index (χ1n) is 11.1. The molecule has 2 N–H and O–H groups in total. The van der Waals surface area contributed by atoms with E-state index >= 15 is 0 Å². The Labute approximate surface area is 135 Å². The number of aromatic nitrogens is 1. The second-order valence-electron chi connectivity index (χ2n) is 4.27. The van der Waals surface area contributed by atoms with Gasteiger partial charge in [-0.15, -0.1) is 0 Å². The van der Waals surface area contributed by atoms with Crippen molar-refractivity contribution in [3.8, 4) is 0 Å². The number of sulfonamides is 1. The number of nitrogens with one attached hydrogen (secondary N) is 2. The molecule has 6 heteroatoms. The molecule has 1 aromatic carbocycles. The molecule has 0 aliphatic heterocycles. The van der Waals surface area contributed by atoms with Crippen LogP contribution in [0.4, 0.5) is 0 Å². The van der Waals surface area contributed by atoms with Gasteiger partial charge >= 0.3 is 0 Å². The number of H-pyrrole nitrogens is 1. The van der Waals surface area contributed by atoms with Gasteiger partial charge in [-0.3, -0.25) is 0 Å². The summed E-state index contributed by atoms with van der Waals surface area (Å²) in [5, 5.41) is 0.154. The molecule has 1 heterocycles. The standard InChI is InChI=1S/C14H21N3O2S/c1-15-20(18,19)10-11-4-5-14-13(8-11)12(9-16-14)6-7-17(2)3/h4-5,8-9,15-16H,6-7,10H2,1-3H3/i1D3,2D3,9D,10D2/hD2. The Morgan fingerprint density at radius 1 is 1.65 bits per heavy atom. The number of likely N-dealkylation sites (N-methyl/N-ethyl adjacent to an activating group) is 1. The quantitative estimate of drug-likeness (QED) is 0.846. The summed E-state index contributed by atoms with van der Waals surface area (Å²) in [6.45, 7) is -5.82. The molecule has 0 unspecified atom stereocenters. The largest absolute Gasteiger partial charge is 0.361 e. The lowest BCUT2D eigenvalue weighted by Gasteiger charge is -2.08. The Bertz CT molecular complexity index is 1080. The molecule has 2 rings (SSSR count). The Hall–Kier alpha value is -1.37. The maximum Gasteiger partial charge on any atom is 0.215 e. The molecular formula is C14H21N3O2S. The van der Waals surface area contributed by atoms with Crippen molar-refractivity contribution in [1.82, 2.24) is 14.6 Å². The van der Waals surface area contributed by atoms with Crippen molar-refractivity contribution in [3.05, 3.63) is 35.5 Å². The fourth-order valence-corrected chi connectivity index (χ4v) is 2.24. The highest BCUT2D eigenvalue weighted by atomic mass is 32.2. The number of rotatable bonds is 6. The van der Waals surface area contributed by atoms with Crippen LogP contribution in [0.1, 0.15) is 23.5 Å². The van der Waals surface area contributed by atoms with Gasteiger partial charge in [0.25, 0.3) is 0 Å². The molecule has 0 spiro atoms. The van der Waals surface area contributed by atoms with Gasteiger partial charge < -0.3 is 9.88 Å². The summed E-state index contributed by atoms with van der Waals surface area (Å²) in [4.78, 5) is 1.80. The zero-order valence-electron chi connectivity index (χ0n) is 21.7. The van der Waals surface area contributed by atoms with Gasteiger partial charge in [0, 0.05) is 34.6 Å². The number of nitrogens with zero attached hydrogens (tertiary/aromatic N) is 1. The van der Waals surface area contributed by atoms with Gasteiger partial charge in [0.05, 0.1) is 7.08 Å². The van der Waals surface area contributed by atoms with Crippen LogP contribution in [0.3, 0.4) is 0 Å². The SMILES string of the molecule is [2H]c1c(CCN(C)C([2H])([2H])[2H])c2cc(C([2H])([2H])S(=O)(=O)N([2H])C([2H])([2H])[2H])ccc2n1[2H]. The normalized spacial score (nSPS) is 22.6. The lowest BCUT2D eigenvalue weighted by atomic mass is 10.1. The molecule has 2 aromatic rings. The minimum Gasteiger partial charge on any atom is -0.361 e. The molecule has 0 saturated heterocycles. The zero-order chi connectivity index (χ0) is 24.2. The first-order chi connectivity index (χ1) is 13.8. The highest BCUT2D eigenvalue weighted by Crippen LogP contribution is 2.21. The predicted molar refractivity (Wildman–Crippen MR) is 82.2 cm³/mol.